The Bertz CT molecular complexity index is 684. The summed E-state index contributed by atoms with van der Waals surface area (Å²) < 4.78 is 21.0. The molecule has 0 fully saturated rings. The summed E-state index contributed by atoms with van der Waals surface area (Å²) in [4.78, 5) is 0.438. The molecule has 0 aliphatic rings. The number of aryl methyl sites for hydroxylation is 2. The van der Waals surface area contributed by atoms with Crippen molar-refractivity contribution in [2.75, 3.05) is 0 Å². The van der Waals surface area contributed by atoms with Crippen molar-refractivity contribution in [3.8, 4) is 0 Å². The third kappa shape index (κ3) is 3.41. The zero-order chi connectivity index (χ0) is 14.9. The Morgan fingerprint density at radius 2 is 1.85 bits per heavy atom. The van der Waals surface area contributed by atoms with Crippen LogP contribution < -0.4 is 0 Å². The fourth-order valence-corrected chi connectivity index (χ4v) is 3.40. The first-order valence-electron chi connectivity index (χ1n) is 6.03. The van der Waals surface area contributed by atoms with E-state index in [1.165, 1.54) is 0 Å². The molecule has 1 atom stereocenters. The molecule has 0 aliphatic carbocycles. The van der Waals surface area contributed by atoms with E-state index < -0.39 is 11.1 Å². The zero-order valence-electron chi connectivity index (χ0n) is 11.1. The Hall–Kier alpha value is -0.870. The Labute approximate surface area is 131 Å². The maximum Gasteiger partial charge on any atom is 0.186 e. The quantitative estimate of drug-likeness (QED) is 0.823. The lowest BCUT2D eigenvalue weighted by Crippen LogP contribution is -2.02. The third-order valence-corrected chi connectivity index (χ3v) is 4.47. The molecule has 0 bridgehead atoms. The highest BCUT2D eigenvalue weighted by Gasteiger charge is 2.14. The molecule has 2 nitrogen and oxygen atoms in total. The van der Waals surface area contributed by atoms with E-state index in [9.17, 15) is 8.76 Å². The normalized spacial score (nSPS) is 12.4. The van der Waals surface area contributed by atoms with Crippen LogP contribution in [0.15, 0.2) is 35.2 Å². The van der Waals surface area contributed by atoms with Crippen LogP contribution in [-0.4, -0.2) is 8.76 Å². The first-order valence-corrected chi connectivity index (χ1v) is 7.89. The lowest BCUT2D eigenvalue weighted by Gasteiger charge is -2.13. The number of rotatable bonds is 3. The van der Waals surface area contributed by atoms with Crippen molar-refractivity contribution in [1.82, 2.24) is 0 Å². The van der Waals surface area contributed by atoms with Gasteiger partial charge in [-0.25, -0.2) is 4.21 Å². The molecule has 0 radical (unpaired) electrons. The Balaban J connectivity index is 2.50. The van der Waals surface area contributed by atoms with E-state index in [1.54, 1.807) is 18.2 Å². The Morgan fingerprint density at radius 1 is 1.15 bits per heavy atom. The van der Waals surface area contributed by atoms with Crippen molar-refractivity contribution in [2.24, 2.45) is 0 Å². The van der Waals surface area contributed by atoms with Gasteiger partial charge in [0, 0.05) is 16.5 Å². The summed E-state index contributed by atoms with van der Waals surface area (Å²) in [6.45, 7) is 3.84. The highest BCUT2D eigenvalue weighted by Crippen LogP contribution is 2.27. The summed E-state index contributed by atoms with van der Waals surface area (Å²) >= 11 is 10.0. The van der Waals surface area contributed by atoms with Gasteiger partial charge in [-0.15, -0.1) is 0 Å². The first-order chi connectivity index (χ1) is 9.38. The molecular formula is C15H14Cl2O2S. The van der Waals surface area contributed by atoms with Crippen LogP contribution in [0.2, 0.25) is 10.0 Å². The molecule has 106 valence electrons. The molecule has 0 aliphatic heterocycles. The standard InChI is InChI=1S/C15H14Cl2O2S/c1-9-5-10(2)13(15(6-9)20(18)19)7-11-3-4-12(16)8-14(11)17/h3-6,8H,7H2,1-2H3,(H,18,19). The SMILES string of the molecule is Cc1cc(C)c(Cc2ccc(Cl)cc2Cl)c(S(=O)O)c1. The zero-order valence-corrected chi connectivity index (χ0v) is 13.4. The average Bonchev–Trinajstić information content (AvgIpc) is 2.34. The van der Waals surface area contributed by atoms with Gasteiger partial charge in [-0.2, -0.15) is 0 Å². The van der Waals surface area contributed by atoms with E-state index in [2.05, 4.69) is 0 Å². The lowest BCUT2D eigenvalue weighted by molar-refractivity contribution is 0.563. The molecule has 1 unspecified atom stereocenters. The maximum absolute atomic E-state index is 11.5. The van der Waals surface area contributed by atoms with Gasteiger partial charge >= 0.3 is 0 Å². The third-order valence-electron chi connectivity index (χ3n) is 3.15. The van der Waals surface area contributed by atoms with Gasteiger partial charge in [-0.1, -0.05) is 35.3 Å². The highest BCUT2D eigenvalue weighted by molar-refractivity contribution is 7.79. The maximum atomic E-state index is 11.5. The van der Waals surface area contributed by atoms with Crippen LogP contribution in [0.5, 0.6) is 0 Å². The van der Waals surface area contributed by atoms with Crippen molar-refractivity contribution >= 4 is 34.3 Å². The molecular weight excluding hydrogens is 315 g/mol. The van der Waals surface area contributed by atoms with E-state index in [0.717, 1.165) is 22.3 Å². The van der Waals surface area contributed by atoms with Crippen LogP contribution in [0.25, 0.3) is 0 Å². The van der Waals surface area contributed by atoms with E-state index in [4.69, 9.17) is 23.2 Å². The number of hydrogen-bond acceptors (Lipinski definition) is 1. The molecule has 0 aromatic heterocycles. The van der Waals surface area contributed by atoms with E-state index in [-0.39, 0.29) is 0 Å². The first kappa shape index (κ1) is 15.5. The van der Waals surface area contributed by atoms with E-state index >= 15 is 0 Å². The minimum absolute atomic E-state index is 0.438. The predicted octanol–water partition coefficient (Wildman–Crippen LogP) is 4.78. The van der Waals surface area contributed by atoms with Gasteiger partial charge < -0.3 is 4.55 Å². The molecule has 2 aromatic carbocycles. The topological polar surface area (TPSA) is 37.3 Å². The van der Waals surface area contributed by atoms with Crippen LogP contribution >= 0.6 is 23.2 Å². The second kappa shape index (κ2) is 6.27. The summed E-state index contributed by atoms with van der Waals surface area (Å²) in [5.41, 5.74) is 3.66. The van der Waals surface area contributed by atoms with Crippen LogP contribution in [-0.2, 0) is 17.5 Å². The fraction of sp³-hybridized carbons (Fsp3) is 0.200. The number of halogens is 2. The largest absolute Gasteiger partial charge is 0.302 e. The smallest absolute Gasteiger partial charge is 0.186 e. The molecule has 20 heavy (non-hydrogen) atoms. The summed E-state index contributed by atoms with van der Waals surface area (Å²) in [5.74, 6) is 0. The average molecular weight is 329 g/mol. The summed E-state index contributed by atoms with van der Waals surface area (Å²) in [6, 6.07) is 9.02. The van der Waals surface area contributed by atoms with Gasteiger partial charge in [0.1, 0.15) is 0 Å². The van der Waals surface area contributed by atoms with Gasteiger partial charge in [-0.05, 0) is 54.3 Å². The van der Waals surface area contributed by atoms with Crippen molar-refractivity contribution in [1.29, 1.82) is 0 Å². The summed E-state index contributed by atoms with van der Waals surface area (Å²) in [7, 11) is 0. The molecule has 0 saturated heterocycles. The van der Waals surface area contributed by atoms with Gasteiger partial charge in [0.25, 0.3) is 0 Å². The van der Waals surface area contributed by atoms with E-state index in [0.29, 0.717) is 21.4 Å². The van der Waals surface area contributed by atoms with Crippen molar-refractivity contribution < 1.29 is 8.76 Å². The molecule has 0 saturated carbocycles. The molecule has 0 amide bonds. The molecule has 2 aromatic rings. The molecule has 0 heterocycles. The van der Waals surface area contributed by atoms with Crippen LogP contribution in [0.4, 0.5) is 0 Å². The minimum atomic E-state index is -2.01. The molecule has 1 N–H and O–H groups in total. The second-order valence-corrected chi connectivity index (χ2v) is 6.50. The monoisotopic (exact) mass is 328 g/mol. The van der Waals surface area contributed by atoms with Crippen LogP contribution in [0.3, 0.4) is 0 Å². The molecule has 0 spiro atoms. The molecule has 5 heteroatoms. The van der Waals surface area contributed by atoms with Crippen molar-refractivity contribution in [3.63, 3.8) is 0 Å². The lowest BCUT2D eigenvalue weighted by atomic mass is 9.98. The Kier molecular flexibility index (Phi) is 4.86. The van der Waals surface area contributed by atoms with Gasteiger partial charge in [0.05, 0.1) is 4.90 Å². The van der Waals surface area contributed by atoms with E-state index in [1.807, 2.05) is 26.0 Å². The summed E-state index contributed by atoms with van der Waals surface area (Å²) in [6.07, 6.45) is 0.504. The van der Waals surface area contributed by atoms with Crippen molar-refractivity contribution in [2.45, 2.75) is 25.2 Å². The van der Waals surface area contributed by atoms with Crippen LogP contribution in [0.1, 0.15) is 22.3 Å². The van der Waals surface area contributed by atoms with Crippen molar-refractivity contribution in [3.05, 3.63) is 62.6 Å². The van der Waals surface area contributed by atoms with Crippen LogP contribution in [0, 0.1) is 13.8 Å². The summed E-state index contributed by atoms with van der Waals surface area (Å²) in [5, 5.41) is 1.14. The van der Waals surface area contributed by atoms with Gasteiger partial charge in [-0.3, -0.25) is 0 Å². The number of benzene rings is 2. The Morgan fingerprint density at radius 3 is 2.45 bits per heavy atom. The molecule has 2 rings (SSSR count). The van der Waals surface area contributed by atoms with Gasteiger partial charge in [0.2, 0.25) is 0 Å². The minimum Gasteiger partial charge on any atom is -0.302 e. The fourth-order valence-electron chi connectivity index (χ4n) is 2.20. The number of hydrogen-bond donors (Lipinski definition) is 1. The second-order valence-electron chi connectivity index (χ2n) is 4.72. The predicted molar refractivity (Wildman–Crippen MR) is 84.2 cm³/mol. The highest BCUT2D eigenvalue weighted by atomic mass is 35.5. The van der Waals surface area contributed by atoms with Gasteiger partial charge in [0.15, 0.2) is 11.1 Å².